The maximum absolute atomic E-state index is 13.9. The second-order valence-corrected chi connectivity index (χ2v) is 12.1. The monoisotopic (exact) mass is 570 g/mol. The fraction of sp³-hybridized carbons (Fsp3) is 0.500. The van der Waals surface area contributed by atoms with Gasteiger partial charge in [0, 0.05) is 69.1 Å². The lowest BCUT2D eigenvalue weighted by molar-refractivity contribution is -0.117. The smallest absolute Gasteiger partial charge is 0.163 e. The number of carbonyl (C=O) groups excluding carboxylic acids is 2. The van der Waals surface area contributed by atoms with Gasteiger partial charge in [0.2, 0.25) is 0 Å². The van der Waals surface area contributed by atoms with Gasteiger partial charge in [-0.1, -0.05) is 35.9 Å². The Morgan fingerprint density at radius 2 is 1.74 bits per heavy atom. The van der Waals surface area contributed by atoms with Crippen LogP contribution in [-0.4, -0.2) is 62.1 Å². The number of allylic oxidation sites excluding steroid dienone is 4. The average Bonchev–Trinajstić information content (AvgIpc) is 2.99. The molecule has 0 saturated carbocycles. The van der Waals surface area contributed by atoms with E-state index in [9.17, 15) is 9.59 Å². The van der Waals surface area contributed by atoms with Crippen LogP contribution in [0.25, 0.3) is 11.1 Å². The van der Waals surface area contributed by atoms with Gasteiger partial charge in [-0.2, -0.15) is 0 Å². The Bertz CT molecular complexity index is 1330. The number of ketones is 2. The molecule has 0 aromatic heterocycles. The summed E-state index contributed by atoms with van der Waals surface area (Å²) in [5.41, 5.74) is 8.37. The Morgan fingerprint density at radius 1 is 0.976 bits per heavy atom. The lowest BCUT2D eigenvalue weighted by Gasteiger charge is -2.37. The first-order valence-corrected chi connectivity index (χ1v) is 15.7. The van der Waals surface area contributed by atoms with Crippen molar-refractivity contribution in [1.82, 2.24) is 4.90 Å². The van der Waals surface area contributed by atoms with Gasteiger partial charge in [-0.25, -0.2) is 0 Å². The number of hydrogen-bond donors (Lipinski definition) is 0. The number of carbonyl (C=O) groups is 2. The van der Waals surface area contributed by atoms with E-state index in [1.54, 1.807) is 6.08 Å². The summed E-state index contributed by atoms with van der Waals surface area (Å²) in [5, 5.41) is 0. The van der Waals surface area contributed by atoms with Crippen LogP contribution in [0.5, 0.6) is 0 Å². The van der Waals surface area contributed by atoms with Crippen LogP contribution >= 0.6 is 0 Å². The molecule has 2 heterocycles. The molecule has 0 spiro atoms. The molecule has 0 radical (unpaired) electrons. The molecule has 0 amide bonds. The molecule has 0 bridgehead atoms. The maximum Gasteiger partial charge on any atom is 0.163 e. The zero-order valence-electron chi connectivity index (χ0n) is 25.8. The lowest BCUT2D eigenvalue weighted by Crippen LogP contribution is -2.40. The van der Waals surface area contributed by atoms with E-state index in [0.717, 1.165) is 97.8 Å². The van der Waals surface area contributed by atoms with Crippen molar-refractivity contribution >= 4 is 17.3 Å². The van der Waals surface area contributed by atoms with Crippen molar-refractivity contribution in [3.8, 4) is 11.1 Å². The number of Topliss-reactive ketones (excluding diaryl/α,β-unsaturated/α-hetero) is 1. The first-order chi connectivity index (χ1) is 20.3. The number of anilines is 1. The van der Waals surface area contributed by atoms with Crippen LogP contribution in [0.15, 0.2) is 59.7 Å². The Labute approximate surface area is 251 Å². The molecule has 1 atom stereocenters. The van der Waals surface area contributed by atoms with Crippen molar-refractivity contribution in [1.29, 1.82) is 0 Å². The number of benzene rings is 2. The third-order valence-corrected chi connectivity index (χ3v) is 9.07. The maximum atomic E-state index is 13.9. The van der Waals surface area contributed by atoms with E-state index < -0.39 is 0 Å². The number of hydrogen-bond acceptors (Lipinski definition) is 6. The Morgan fingerprint density at radius 3 is 2.40 bits per heavy atom. The minimum atomic E-state index is -0.215. The molecule has 224 valence electrons. The van der Waals surface area contributed by atoms with Gasteiger partial charge >= 0.3 is 0 Å². The highest BCUT2D eigenvalue weighted by Gasteiger charge is 2.27. The average molecular weight is 571 g/mol. The number of ether oxygens (including phenoxy) is 2. The van der Waals surface area contributed by atoms with Gasteiger partial charge < -0.3 is 14.4 Å². The summed E-state index contributed by atoms with van der Waals surface area (Å²) in [5.74, 6) is -0.000552. The molecule has 2 aromatic rings. The van der Waals surface area contributed by atoms with Crippen LogP contribution in [0.3, 0.4) is 0 Å². The van der Waals surface area contributed by atoms with Crippen LogP contribution < -0.4 is 4.90 Å². The van der Waals surface area contributed by atoms with Crippen molar-refractivity contribution in [2.75, 3.05) is 44.5 Å². The van der Waals surface area contributed by atoms with E-state index in [-0.39, 0.29) is 17.5 Å². The lowest BCUT2D eigenvalue weighted by atomic mass is 9.84. The fourth-order valence-electron chi connectivity index (χ4n) is 6.74. The zero-order valence-corrected chi connectivity index (χ0v) is 25.8. The minimum Gasteiger partial charge on any atom is -0.381 e. The van der Waals surface area contributed by atoms with E-state index in [2.05, 4.69) is 66.1 Å². The quantitative estimate of drug-likeness (QED) is 0.290. The summed E-state index contributed by atoms with van der Waals surface area (Å²) in [6.07, 6.45) is 7.70. The van der Waals surface area contributed by atoms with Gasteiger partial charge in [0.15, 0.2) is 11.6 Å². The first-order valence-electron chi connectivity index (χ1n) is 15.7. The number of rotatable bonds is 10. The van der Waals surface area contributed by atoms with E-state index >= 15 is 0 Å². The molecule has 2 aromatic carbocycles. The van der Waals surface area contributed by atoms with Crippen molar-refractivity contribution in [2.24, 2.45) is 5.92 Å². The van der Waals surface area contributed by atoms with Crippen LogP contribution in [0.1, 0.15) is 74.4 Å². The molecule has 5 rings (SSSR count). The molecular formula is C36H46N2O4. The van der Waals surface area contributed by atoms with Crippen molar-refractivity contribution in [3.05, 3.63) is 76.4 Å². The highest BCUT2D eigenvalue weighted by Crippen LogP contribution is 2.35. The normalized spacial score (nSPS) is 20.3. The largest absolute Gasteiger partial charge is 0.381 e. The van der Waals surface area contributed by atoms with Crippen LogP contribution in [0, 0.1) is 12.8 Å². The van der Waals surface area contributed by atoms with Crippen molar-refractivity contribution < 1.29 is 19.1 Å². The SMILES string of the molecule is CCN(c1cc(-c2ccc(CN3CCCOC3)cc2)cc(C(=O)CCC2C(=O)C=C(C)C=C2C)c1C)C1CCOCC1. The molecule has 0 N–H and O–H groups in total. The molecule has 6 heteroatoms. The topological polar surface area (TPSA) is 59.1 Å². The highest BCUT2D eigenvalue weighted by molar-refractivity contribution is 6.01. The Hall–Kier alpha value is -3.06. The van der Waals surface area contributed by atoms with Crippen molar-refractivity contribution in [3.63, 3.8) is 0 Å². The first kappa shape index (κ1) is 30.4. The minimum absolute atomic E-state index is 0.104. The summed E-state index contributed by atoms with van der Waals surface area (Å²) < 4.78 is 11.3. The summed E-state index contributed by atoms with van der Waals surface area (Å²) in [6.45, 7) is 14.1. The molecule has 2 fully saturated rings. The summed E-state index contributed by atoms with van der Waals surface area (Å²) >= 11 is 0. The van der Waals surface area contributed by atoms with E-state index in [1.807, 2.05) is 13.8 Å². The third-order valence-electron chi connectivity index (χ3n) is 9.07. The van der Waals surface area contributed by atoms with Gasteiger partial charge in [-0.15, -0.1) is 0 Å². The summed E-state index contributed by atoms with van der Waals surface area (Å²) in [6, 6.07) is 13.5. The predicted octanol–water partition coefficient (Wildman–Crippen LogP) is 6.90. The van der Waals surface area contributed by atoms with Crippen LogP contribution in [0.2, 0.25) is 0 Å². The van der Waals surface area contributed by atoms with Gasteiger partial charge in [0.25, 0.3) is 0 Å². The Balaban J connectivity index is 1.44. The second-order valence-electron chi connectivity index (χ2n) is 12.1. The molecule has 2 saturated heterocycles. The second kappa shape index (κ2) is 13.9. The number of nitrogens with zero attached hydrogens (tertiary/aromatic N) is 2. The van der Waals surface area contributed by atoms with Gasteiger partial charge in [0.05, 0.1) is 6.73 Å². The van der Waals surface area contributed by atoms with E-state index in [4.69, 9.17) is 9.47 Å². The van der Waals surface area contributed by atoms with E-state index in [0.29, 0.717) is 25.6 Å². The summed E-state index contributed by atoms with van der Waals surface area (Å²) in [4.78, 5) is 31.4. The highest BCUT2D eigenvalue weighted by atomic mass is 16.5. The van der Waals surface area contributed by atoms with Crippen LogP contribution in [-0.2, 0) is 20.8 Å². The third kappa shape index (κ3) is 7.11. The zero-order chi connectivity index (χ0) is 29.6. The fourth-order valence-corrected chi connectivity index (χ4v) is 6.74. The van der Waals surface area contributed by atoms with Gasteiger partial charge in [0.1, 0.15) is 0 Å². The van der Waals surface area contributed by atoms with Crippen molar-refractivity contribution in [2.45, 2.75) is 72.4 Å². The van der Waals surface area contributed by atoms with Gasteiger partial charge in [-0.05, 0) is 99.4 Å². The molecule has 42 heavy (non-hydrogen) atoms. The standard InChI is InChI=1S/C36H46N2O4/c1-5-38(31-13-17-41-18-14-31)34-22-30(29-9-7-28(8-10-29)23-37-15-6-16-42-24-37)21-33(27(34)4)35(39)12-11-32-26(3)19-25(2)20-36(32)40/h7-10,19-22,31-32H,5-6,11-18,23-24H2,1-4H3. The molecule has 3 aliphatic rings. The molecule has 2 aliphatic heterocycles. The molecule has 1 aliphatic carbocycles. The molecule has 6 nitrogen and oxygen atoms in total. The molecular weight excluding hydrogens is 524 g/mol. The summed E-state index contributed by atoms with van der Waals surface area (Å²) in [7, 11) is 0. The van der Waals surface area contributed by atoms with E-state index in [1.165, 1.54) is 5.56 Å². The predicted molar refractivity (Wildman–Crippen MR) is 169 cm³/mol. The van der Waals surface area contributed by atoms with Gasteiger partial charge in [-0.3, -0.25) is 14.5 Å². The Kier molecular flexibility index (Phi) is 10.1. The van der Waals surface area contributed by atoms with Crippen LogP contribution in [0.4, 0.5) is 5.69 Å². The molecule has 1 unspecified atom stereocenters.